The minimum atomic E-state index is -0.830. The third-order valence-corrected chi connectivity index (χ3v) is 5.38. The first-order chi connectivity index (χ1) is 12.5. The van der Waals surface area contributed by atoms with E-state index in [-0.39, 0.29) is 11.7 Å². The molecule has 26 heavy (non-hydrogen) atoms. The third kappa shape index (κ3) is 3.85. The van der Waals surface area contributed by atoms with Crippen LogP contribution in [0.1, 0.15) is 47.6 Å². The maximum atomic E-state index is 14.4. The highest BCUT2D eigenvalue weighted by atomic mass is 32.1. The maximum Gasteiger partial charge on any atom is 0.307 e. The highest BCUT2D eigenvalue weighted by Crippen LogP contribution is 2.48. The molecule has 3 unspecified atom stereocenters. The zero-order valence-corrected chi connectivity index (χ0v) is 15.0. The Hall–Kier alpha value is -2.08. The number of nitrogens with zero attached hydrogens (tertiary/aromatic N) is 1. The van der Waals surface area contributed by atoms with Crippen LogP contribution in [0.25, 0.3) is 0 Å². The van der Waals surface area contributed by atoms with Gasteiger partial charge in [0, 0.05) is 5.69 Å². The lowest BCUT2D eigenvalue weighted by Gasteiger charge is -2.15. The fraction of sp³-hybridized carbons (Fsp3) is 0.400. The maximum absolute atomic E-state index is 14.4. The van der Waals surface area contributed by atoms with E-state index >= 15 is 0 Å². The fourth-order valence-corrected chi connectivity index (χ4v) is 3.48. The monoisotopic (exact) mass is 373 g/mol. The molecule has 2 aliphatic carbocycles. The van der Waals surface area contributed by atoms with E-state index in [1.54, 1.807) is 12.1 Å². The summed E-state index contributed by atoms with van der Waals surface area (Å²) < 4.78 is 20.0. The number of carbonyl (C=O) groups is 1. The lowest BCUT2D eigenvalue weighted by molar-refractivity contribution is -0.138. The molecular weight excluding hydrogens is 353 g/mol. The van der Waals surface area contributed by atoms with Gasteiger partial charge in [0.1, 0.15) is 0 Å². The van der Waals surface area contributed by atoms with Crippen LogP contribution >= 0.6 is 12.6 Å². The highest BCUT2D eigenvalue weighted by molar-refractivity contribution is 7.80. The molecule has 1 aromatic carbocycles. The molecule has 2 aromatic rings. The normalized spacial score (nSPS) is 22.7. The van der Waals surface area contributed by atoms with Gasteiger partial charge in [-0.05, 0) is 67.3 Å². The molecule has 0 bridgehead atoms. The number of rotatable bonds is 7. The first-order valence-electron chi connectivity index (χ1n) is 8.84. The minimum Gasteiger partial charge on any atom is -0.481 e. The van der Waals surface area contributed by atoms with E-state index in [1.165, 1.54) is 18.9 Å². The number of benzene rings is 1. The Labute approximate surface area is 156 Å². The largest absolute Gasteiger partial charge is 0.481 e. The van der Waals surface area contributed by atoms with E-state index in [1.807, 2.05) is 18.2 Å². The van der Waals surface area contributed by atoms with Crippen molar-refractivity contribution < 1.29 is 19.0 Å². The summed E-state index contributed by atoms with van der Waals surface area (Å²) in [5.41, 5.74) is 1.70. The quantitative estimate of drug-likeness (QED) is 0.559. The summed E-state index contributed by atoms with van der Waals surface area (Å²) in [6.45, 7) is 0. The summed E-state index contributed by atoms with van der Waals surface area (Å²) in [4.78, 5) is 15.5. The Morgan fingerprint density at radius 3 is 2.81 bits per heavy atom. The Kier molecular flexibility index (Phi) is 4.61. The molecule has 0 aliphatic heterocycles. The van der Waals surface area contributed by atoms with E-state index < -0.39 is 23.1 Å². The topological polar surface area (TPSA) is 59.4 Å². The van der Waals surface area contributed by atoms with E-state index in [2.05, 4.69) is 17.6 Å². The average molecular weight is 373 g/mol. The minimum absolute atomic E-state index is 0.0932. The first kappa shape index (κ1) is 17.3. The summed E-state index contributed by atoms with van der Waals surface area (Å²) >= 11 is 4.42. The molecule has 136 valence electrons. The van der Waals surface area contributed by atoms with Gasteiger partial charge in [0.05, 0.1) is 11.6 Å². The molecule has 0 radical (unpaired) electrons. The Morgan fingerprint density at radius 2 is 2.15 bits per heavy atom. The molecule has 0 spiro atoms. The van der Waals surface area contributed by atoms with Crippen LogP contribution in [0.4, 0.5) is 4.39 Å². The van der Waals surface area contributed by atoms with Gasteiger partial charge in [-0.3, -0.25) is 9.78 Å². The van der Waals surface area contributed by atoms with Crippen molar-refractivity contribution in [3.8, 4) is 5.75 Å². The van der Waals surface area contributed by atoms with Crippen molar-refractivity contribution in [1.29, 1.82) is 0 Å². The highest BCUT2D eigenvalue weighted by Gasteiger charge is 2.44. The van der Waals surface area contributed by atoms with E-state index in [9.17, 15) is 9.18 Å². The number of ether oxygens (including phenoxy) is 1. The predicted octanol–water partition coefficient (Wildman–Crippen LogP) is 4.37. The smallest absolute Gasteiger partial charge is 0.307 e. The number of carboxylic acid groups (broad SMARTS) is 1. The molecule has 1 aromatic heterocycles. The Bertz CT molecular complexity index is 840. The van der Waals surface area contributed by atoms with Crippen LogP contribution in [-0.2, 0) is 11.2 Å². The van der Waals surface area contributed by atoms with Gasteiger partial charge in [-0.2, -0.15) is 0 Å². The SMILES string of the molecule is O=C(O)C1CC1c1ccc(OC(S)c2cccc(CC3CC3)n2)c(F)c1. The van der Waals surface area contributed by atoms with Crippen LogP contribution in [0.2, 0.25) is 0 Å². The number of pyridine rings is 1. The van der Waals surface area contributed by atoms with Gasteiger partial charge >= 0.3 is 5.97 Å². The molecule has 1 N–H and O–H groups in total. The van der Waals surface area contributed by atoms with Crippen LogP contribution in [0, 0.1) is 17.7 Å². The summed E-state index contributed by atoms with van der Waals surface area (Å²) in [6, 6.07) is 10.4. The van der Waals surface area contributed by atoms with Crippen molar-refractivity contribution >= 4 is 18.6 Å². The van der Waals surface area contributed by atoms with Gasteiger partial charge in [-0.25, -0.2) is 4.39 Å². The molecular formula is C20H20FNO3S. The predicted molar refractivity (Wildman–Crippen MR) is 97.9 cm³/mol. The lowest BCUT2D eigenvalue weighted by atomic mass is 10.1. The van der Waals surface area contributed by atoms with E-state index in [0.29, 0.717) is 17.7 Å². The van der Waals surface area contributed by atoms with Crippen molar-refractivity contribution in [2.24, 2.45) is 11.8 Å². The van der Waals surface area contributed by atoms with Gasteiger partial charge in [-0.15, -0.1) is 12.6 Å². The van der Waals surface area contributed by atoms with Crippen LogP contribution in [0.15, 0.2) is 36.4 Å². The second kappa shape index (κ2) is 6.91. The number of hydrogen-bond donors (Lipinski definition) is 2. The van der Waals surface area contributed by atoms with Crippen LogP contribution in [0.3, 0.4) is 0 Å². The van der Waals surface area contributed by atoms with Crippen LogP contribution in [0.5, 0.6) is 5.75 Å². The Balaban J connectivity index is 1.44. The van der Waals surface area contributed by atoms with Crippen molar-refractivity contribution in [3.05, 3.63) is 59.2 Å². The van der Waals surface area contributed by atoms with Gasteiger partial charge in [0.15, 0.2) is 17.0 Å². The second-order valence-corrected chi connectivity index (χ2v) is 7.62. The number of halogens is 1. The summed E-state index contributed by atoms with van der Waals surface area (Å²) in [5, 5.41) is 9.00. The molecule has 2 fully saturated rings. The number of aliphatic carboxylic acids is 1. The molecule has 1 heterocycles. The Morgan fingerprint density at radius 1 is 1.35 bits per heavy atom. The molecule has 0 saturated heterocycles. The zero-order valence-electron chi connectivity index (χ0n) is 14.1. The molecule has 2 saturated carbocycles. The van der Waals surface area contributed by atoms with Gasteiger partial charge in [0.25, 0.3) is 0 Å². The van der Waals surface area contributed by atoms with Crippen molar-refractivity contribution in [2.75, 3.05) is 0 Å². The third-order valence-electron chi connectivity index (χ3n) is 5.01. The molecule has 6 heteroatoms. The van der Waals surface area contributed by atoms with Crippen LogP contribution < -0.4 is 4.74 Å². The van der Waals surface area contributed by atoms with Crippen molar-refractivity contribution in [2.45, 2.75) is 37.0 Å². The molecule has 4 rings (SSSR count). The number of aromatic nitrogens is 1. The lowest BCUT2D eigenvalue weighted by Crippen LogP contribution is -2.06. The standard InChI is InChI=1S/C20H20FNO3S/c21-16-9-12(14-10-15(14)19(23)24)6-7-18(16)25-20(26)17-3-1-2-13(22-17)8-11-4-5-11/h1-3,6-7,9,11,14-15,20,26H,4-5,8,10H2,(H,23,24). The number of thiol groups is 1. The van der Waals surface area contributed by atoms with E-state index in [4.69, 9.17) is 9.84 Å². The number of hydrogen-bond acceptors (Lipinski definition) is 4. The number of carboxylic acids is 1. The molecule has 0 amide bonds. The molecule has 4 nitrogen and oxygen atoms in total. The fourth-order valence-electron chi connectivity index (χ4n) is 3.23. The second-order valence-electron chi connectivity index (χ2n) is 7.15. The summed E-state index contributed by atoms with van der Waals surface area (Å²) in [6.07, 6.45) is 4.04. The van der Waals surface area contributed by atoms with Crippen molar-refractivity contribution in [1.82, 2.24) is 4.98 Å². The first-order valence-corrected chi connectivity index (χ1v) is 9.35. The van der Waals surface area contributed by atoms with Gasteiger partial charge in [-0.1, -0.05) is 12.1 Å². The van der Waals surface area contributed by atoms with Gasteiger partial charge < -0.3 is 9.84 Å². The van der Waals surface area contributed by atoms with Crippen molar-refractivity contribution in [3.63, 3.8) is 0 Å². The zero-order chi connectivity index (χ0) is 18.3. The average Bonchev–Trinajstić information content (AvgIpc) is 3.51. The molecule has 2 aliphatic rings. The summed E-state index contributed by atoms with van der Waals surface area (Å²) in [5.74, 6) is -1.02. The van der Waals surface area contributed by atoms with Crippen LogP contribution in [-0.4, -0.2) is 16.1 Å². The summed E-state index contributed by atoms with van der Waals surface area (Å²) in [7, 11) is 0. The van der Waals surface area contributed by atoms with Gasteiger partial charge in [0.2, 0.25) is 0 Å². The van der Waals surface area contributed by atoms with E-state index in [0.717, 1.165) is 18.0 Å². The molecule has 3 atom stereocenters.